The molecule has 2 N–H and O–H groups in total. The maximum atomic E-state index is 11.2. The quantitative estimate of drug-likeness (QED) is 0.161. The topological polar surface area (TPSA) is 102 Å². The van der Waals surface area contributed by atoms with Crippen LogP contribution in [0.1, 0.15) is 38.5 Å². The van der Waals surface area contributed by atoms with Gasteiger partial charge in [0, 0.05) is 24.8 Å². The fourth-order valence-electron chi connectivity index (χ4n) is 1.92. The molecule has 1 aromatic rings. The van der Waals surface area contributed by atoms with Crippen LogP contribution < -0.4 is 11.0 Å². The zero-order valence-corrected chi connectivity index (χ0v) is 16.8. The molecule has 0 aromatic carbocycles. The first kappa shape index (κ1) is 22.7. The lowest BCUT2D eigenvalue weighted by Crippen LogP contribution is -2.21. The van der Waals surface area contributed by atoms with Crippen molar-refractivity contribution in [1.82, 2.24) is 20.9 Å². The summed E-state index contributed by atoms with van der Waals surface area (Å²) in [7, 11) is 2.85. The summed E-state index contributed by atoms with van der Waals surface area (Å²) in [6, 6.07) is 1.89. The van der Waals surface area contributed by atoms with Gasteiger partial charge in [-0.2, -0.15) is 0 Å². The molecule has 10 heteroatoms. The van der Waals surface area contributed by atoms with Crippen LogP contribution in [0.15, 0.2) is 22.4 Å². The molecule has 0 radical (unpaired) electrons. The number of carbonyl (C=O) groups is 2. The number of hydroxylamine groups is 2. The van der Waals surface area contributed by atoms with Gasteiger partial charge in [-0.15, -0.1) is 11.8 Å². The van der Waals surface area contributed by atoms with Gasteiger partial charge in [-0.3, -0.25) is 19.3 Å². The van der Waals surface area contributed by atoms with Crippen molar-refractivity contribution >= 4 is 35.3 Å². The largest absolute Gasteiger partial charge is 0.277 e. The number of rotatable bonds is 14. The van der Waals surface area contributed by atoms with Gasteiger partial charge >= 0.3 is 0 Å². The molecule has 1 heterocycles. The molecule has 26 heavy (non-hydrogen) atoms. The Morgan fingerprint density at radius 3 is 2.12 bits per heavy atom. The van der Waals surface area contributed by atoms with Gasteiger partial charge in [0.25, 0.3) is 0 Å². The van der Waals surface area contributed by atoms with Crippen LogP contribution in [0.4, 0.5) is 0 Å². The minimum atomic E-state index is -0.105. The highest BCUT2D eigenvalue weighted by atomic mass is 32.2. The molecule has 1 rings (SSSR count). The van der Waals surface area contributed by atoms with Crippen LogP contribution in [0.25, 0.3) is 0 Å². The third-order valence-electron chi connectivity index (χ3n) is 3.12. The first-order valence-electron chi connectivity index (χ1n) is 8.38. The molecule has 0 unspecified atom stereocenters. The second-order valence-corrected chi connectivity index (χ2v) is 7.42. The smallest absolute Gasteiger partial charge is 0.243 e. The van der Waals surface area contributed by atoms with Crippen molar-refractivity contribution in [3.8, 4) is 0 Å². The summed E-state index contributed by atoms with van der Waals surface area (Å²) < 4.78 is 0. The van der Waals surface area contributed by atoms with E-state index in [-0.39, 0.29) is 11.8 Å². The molecule has 0 saturated carbocycles. The number of hydrogen-bond acceptors (Lipinski definition) is 8. The summed E-state index contributed by atoms with van der Waals surface area (Å²) in [5.74, 6) is 1.56. The zero-order valence-electron chi connectivity index (χ0n) is 15.2. The van der Waals surface area contributed by atoms with Crippen LogP contribution in [0.3, 0.4) is 0 Å². The summed E-state index contributed by atoms with van der Waals surface area (Å²) >= 11 is 3.25. The van der Waals surface area contributed by atoms with Gasteiger partial charge in [-0.1, -0.05) is 11.8 Å². The average molecular weight is 403 g/mol. The monoisotopic (exact) mass is 402 g/mol. The van der Waals surface area contributed by atoms with Crippen molar-refractivity contribution in [2.45, 2.75) is 48.7 Å². The van der Waals surface area contributed by atoms with Crippen molar-refractivity contribution in [3.05, 3.63) is 12.3 Å². The summed E-state index contributed by atoms with van der Waals surface area (Å²) in [5.41, 5.74) is 4.61. The van der Waals surface area contributed by atoms with Gasteiger partial charge in [0.1, 0.15) is 5.03 Å². The molecule has 0 aliphatic carbocycles. The Balaban J connectivity index is 2.16. The molecule has 0 spiro atoms. The Morgan fingerprint density at radius 1 is 0.962 bits per heavy atom. The standard InChI is InChI=1S/C16H26N4O4S2/c1-23-19-13(21)7-3-5-11-25-15-9-10-17-16(18-15)26-12-6-4-8-14(22)20-24-2/h9-10H,3-8,11-12H2,1-2H3,(H,19,21)(H,20,22). The van der Waals surface area contributed by atoms with Crippen molar-refractivity contribution < 1.29 is 19.3 Å². The van der Waals surface area contributed by atoms with Gasteiger partial charge in [0.05, 0.1) is 14.2 Å². The van der Waals surface area contributed by atoms with E-state index in [1.54, 1.807) is 29.7 Å². The van der Waals surface area contributed by atoms with Gasteiger partial charge in [0.2, 0.25) is 11.8 Å². The Hall–Kier alpha value is -1.36. The fourth-order valence-corrected chi connectivity index (χ4v) is 3.67. The molecule has 0 fully saturated rings. The normalized spacial score (nSPS) is 10.5. The number of unbranched alkanes of at least 4 members (excludes halogenated alkanes) is 2. The molecule has 0 atom stereocenters. The van der Waals surface area contributed by atoms with Gasteiger partial charge in [0.15, 0.2) is 5.16 Å². The molecular formula is C16H26N4O4S2. The highest BCUT2D eigenvalue weighted by Crippen LogP contribution is 2.21. The number of nitrogens with zero attached hydrogens (tertiary/aromatic N) is 2. The van der Waals surface area contributed by atoms with E-state index in [4.69, 9.17) is 0 Å². The Morgan fingerprint density at radius 2 is 1.54 bits per heavy atom. The van der Waals surface area contributed by atoms with Crippen molar-refractivity contribution in [2.24, 2.45) is 0 Å². The third kappa shape index (κ3) is 11.3. The lowest BCUT2D eigenvalue weighted by atomic mass is 10.2. The minimum absolute atomic E-state index is 0.0991. The Bertz CT molecular complexity index is 505. The lowest BCUT2D eigenvalue weighted by molar-refractivity contribution is -0.132. The first-order chi connectivity index (χ1) is 12.7. The van der Waals surface area contributed by atoms with Gasteiger partial charge in [-0.05, 0) is 37.5 Å². The first-order valence-corrected chi connectivity index (χ1v) is 10.3. The fraction of sp³-hybridized carbons (Fsp3) is 0.625. The molecule has 8 nitrogen and oxygen atoms in total. The van der Waals surface area contributed by atoms with Crippen molar-refractivity contribution in [3.63, 3.8) is 0 Å². The SMILES string of the molecule is CONC(=O)CCCCSc1ccnc(SCCCCC(=O)NOC)n1. The van der Waals surface area contributed by atoms with Gasteiger partial charge < -0.3 is 0 Å². The number of carbonyl (C=O) groups excluding carboxylic acids is 2. The predicted octanol–water partition coefficient (Wildman–Crippen LogP) is 2.36. The number of thioether (sulfide) groups is 2. The van der Waals surface area contributed by atoms with Crippen molar-refractivity contribution in [2.75, 3.05) is 25.7 Å². The number of nitrogens with one attached hydrogen (secondary N) is 2. The van der Waals surface area contributed by atoms with E-state index in [2.05, 4.69) is 30.6 Å². The van der Waals surface area contributed by atoms with E-state index in [9.17, 15) is 9.59 Å². The maximum absolute atomic E-state index is 11.2. The number of aromatic nitrogens is 2. The highest BCUT2D eigenvalue weighted by molar-refractivity contribution is 7.99. The van der Waals surface area contributed by atoms with Crippen LogP contribution in [0.2, 0.25) is 0 Å². The average Bonchev–Trinajstić information content (AvgIpc) is 2.62. The predicted molar refractivity (Wildman–Crippen MR) is 101 cm³/mol. The van der Waals surface area contributed by atoms with Crippen LogP contribution in [0, 0.1) is 0 Å². The van der Waals surface area contributed by atoms with E-state index >= 15 is 0 Å². The molecule has 2 amide bonds. The minimum Gasteiger partial charge on any atom is -0.277 e. The van der Waals surface area contributed by atoms with Crippen molar-refractivity contribution in [1.29, 1.82) is 0 Å². The van der Waals surface area contributed by atoms with Crippen LogP contribution in [-0.2, 0) is 19.3 Å². The summed E-state index contributed by atoms with van der Waals surface area (Å²) in [6.45, 7) is 0. The van der Waals surface area contributed by atoms with E-state index in [1.165, 1.54) is 14.2 Å². The third-order valence-corrected chi connectivity index (χ3v) is 5.08. The second kappa shape index (κ2) is 14.8. The lowest BCUT2D eigenvalue weighted by Gasteiger charge is -2.04. The van der Waals surface area contributed by atoms with E-state index in [1.807, 2.05) is 6.07 Å². The zero-order chi connectivity index (χ0) is 19.0. The number of amides is 2. The molecule has 0 saturated heterocycles. The summed E-state index contributed by atoms with van der Waals surface area (Å²) in [4.78, 5) is 40.4. The second-order valence-electron chi connectivity index (χ2n) is 5.25. The molecule has 0 aliphatic rings. The number of hydrogen-bond donors (Lipinski definition) is 2. The van der Waals surface area contributed by atoms with E-state index < -0.39 is 0 Å². The molecule has 146 valence electrons. The van der Waals surface area contributed by atoms with Crippen LogP contribution in [0.5, 0.6) is 0 Å². The molecular weight excluding hydrogens is 376 g/mol. The molecule has 0 bridgehead atoms. The Kier molecular flexibility index (Phi) is 12.9. The Labute approximate surface area is 162 Å². The van der Waals surface area contributed by atoms with E-state index in [0.29, 0.717) is 12.8 Å². The summed E-state index contributed by atoms with van der Waals surface area (Å²) in [6.07, 6.45) is 6.12. The summed E-state index contributed by atoms with van der Waals surface area (Å²) in [5, 5.41) is 1.68. The van der Waals surface area contributed by atoms with Gasteiger partial charge in [-0.25, -0.2) is 20.9 Å². The molecule has 1 aromatic heterocycles. The van der Waals surface area contributed by atoms with Crippen LogP contribution in [-0.4, -0.2) is 47.5 Å². The van der Waals surface area contributed by atoms with Crippen LogP contribution >= 0.6 is 23.5 Å². The maximum Gasteiger partial charge on any atom is 0.243 e. The highest BCUT2D eigenvalue weighted by Gasteiger charge is 2.04. The molecule has 0 aliphatic heterocycles. The van der Waals surface area contributed by atoms with E-state index in [0.717, 1.165) is 47.4 Å².